The zero-order valence-corrected chi connectivity index (χ0v) is 14.0. The van der Waals surface area contributed by atoms with Gasteiger partial charge in [0, 0.05) is 6.92 Å². The number of hydrogen-bond donors (Lipinski definition) is 1. The maximum atomic E-state index is 9.99. The lowest BCUT2D eigenvalue weighted by Gasteiger charge is -2.60. The summed E-state index contributed by atoms with van der Waals surface area (Å²) in [5, 5.41) is 38.0. The topological polar surface area (TPSA) is 123 Å². The molecule has 0 saturated carbocycles. The fraction of sp³-hybridized carbons (Fsp3) is 0.444. The van der Waals surface area contributed by atoms with E-state index >= 15 is 0 Å². The third-order valence-electron chi connectivity index (χ3n) is 5.41. The second kappa shape index (κ2) is 5.21. The molecule has 0 spiro atoms. The lowest BCUT2D eigenvalue weighted by molar-refractivity contribution is -0.338. The van der Waals surface area contributed by atoms with E-state index in [0.717, 1.165) is 0 Å². The van der Waals surface area contributed by atoms with E-state index in [1.807, 2.05) is 18.2 Å². The highest BCUT2D eigenvalue weighted by Crippen LogP contribution is 2.66. The Morgan fingerprint density at radius 1 is 1.12 bits per heavy atom. The molecule has 0 unspecified atom stereocenters. The smallest absolute Gasteiger partial charge is 0.215 e. The predicted octanol–water partition coefficient (Wildman–Crippen LogP) is 2.67. The predicted molar refractivity (Wildman–Crippen MR) is 84.9 cm³/mol. The Labute approximate surface area is 145 Å². The van der Waals surface area contributed by atoms with Gasteiger partial charge in [-0.2, -0.15) is 15.8 Å². The maximum Gasteiger partial charge on any atom is 0.215 e. The Bertz CT molecular complexity index is 846. The second-order valence-corrected chi connectivity index (χ2v) is 6.39. The van der Waals surface area contributed by atoms with Gasteiger partial charge >= 0.3 is 0 Å². The molecule has 3 saturated heterocycles. The molecule has 4 rings (SSSR count). The number of hydrogen-bond acceptors (Lipinski definition) is 7. The van der Waals surface area contributed by atoms with Crippen molar-refractivity contribution in [1.82, 2.24) is 0 Å². The zero-order chi connectivity index (χ0) is 18.5. The van der Waals surface area contributed by atoms with Crippen molar-refractivity contribution in [3.63, 3.8) is 0 Å². The summed E-state index contributed by atoms with van der Waals surface area (Å²) in [7, 11) is 1.54. The van der Waals surface area contributed by atoms with Crippen LogP contribution in [0.15, 0.2) is 24.3 Å². The third kappa shape index (κ3) is 1.78. The molecule has 0 radical (unpaired) electrons. The summed E-state index contributed by atoms with van der Waals surface area (Å²) in [5.41, 5.74) is -3.06. The summed E-state index contributed by atoms with van der Waals surface area (Å²) in [4.78, 5) is 0. The molecule has 25 heavy (non-hydrogen) atoms. The number of fused-ring (bicyclic) bond motifs is 3. The minimum absolute atomic E-state index is 0.411. The number of rotatable bonds is 2. The molecule has 3 heterocycles. The van der Waals surface area contributed by atoms with Gasteiger partial charge in [-0.3, -0.25) is 5.41 Å². The number of nitrogens with zero attached hydrogens (tertiary/aromatic N) is 3. The number of ether oxygens (including phenoxy) is 3. The Morgan fingerprint density at radius 3 is 2.20 bits per heavy atom. The first kappa shape index (κ1) is 16.8. The van der Waals surface area contributed by atoms with E-state index < -0.39 is 34.5 Å². The molecule has 0 amide bonds. The molecule has 1 N–H and O–H groups in total. The van der Waals surface area contributed by atoms with Gasteiger partial charge in [0.15, 0.2) is 10.8 Å². The van der Waals surface area contributed by atoms with Crippen LogP contribution in [0.4, 0.5) is 0 Å². The van der Waals surface area contributed by atoms with Gasteiger partial charge in [-0.25, -0.2) is 0 Å². The van der Waals surface area contributed by atoms with Crippen LogP contribution in [0.1, 0.15) is 25.5 Å². The van der Waals surface area contributed by atoms with Crippen LogP contribution in [0.25, 0.3) is 0 Å². The van der Waals surface area contributed by atoms with Crippen LogP contribution in [0, 0.1) is 56.2 Å². The van der Waals surface area contributed by atoms with Crippen LogP contribution in [0.5, 0.6) is 5.75 Å². The summed E-state index contributed by atoms with van der Waals surface area (Å²) in [6.07, 6.45) is -0.981. The SMILES string of the molecule is COc1ccc([C@H]2O[C@@]3(C)OC(=N)[C@@]2(C#N)C(C#N)(C#N)[C@H]3C)cc1. The molecular formula is C18H16N4O3. The van der Waals surface area contributed by atoms with Gasteiger partial charge < -0.3 is 14.2 Å². The Morgan fingerprint density at radius 2 is 1.72 bits per heavy atom. The largest absolute Gasteiger partial charge is 0.497 e. The third-order valence-corrected chi connectivity index (χ3v) is 5.41. The van der Waals surface area contributed by atoms with Crippen molar-refractivity contribution in [1.29, 1.82) is 21.2 Å². The molecular weight excluding hydrogens is 320 g/mol. The summed E-state index contributed by atoms with van der Waals surface area (Å²) >= 11 is 0. The van der Waals surface area contributed by atoms with Crippen LogP contribution in [0.2, 0.25) is 0 Å². The van der Waals surface area contributed by atoms with E-state index in [9.17, 15) is 15.8 Å². The molecule has 0 aliphatic carbocycles. The summed E-state index contributed by atoms with van der Waals surface area (Å²) in [6.45, 7) is 3.22. The number of nitrogens with one attached hydrogen (secondary N) is 1. The normalized spacial score (nSPS) is 35.0. The highest BCUT2D eigenvalue weighted by atomic mass is 16.7. The molecule has 3 aliphatic rings. The lowest BCUT2D eigenvalue weighted by Crippen LogP contribution is -2.71. The van der Waals surface area contributed by atoms with Crippen LogP contribution in [0.3, 0.4) is 0 Å². The van der Waals surface area contributed by atoms with Gasteiger partial charge in [-0.05, 0) is 17.7 Å². The van der Waals surface area contributed by atoms with Crippen LogP contribution in [-0.4, -0.2) is 18.8 Å². The van der Waals surface area contributed by atoms with Gasteiger partial charge in [-0.15, -0.1) is 0 Å². The van der Waals surface area contributed by atoms with Gasteiger partial charge in [0.05, 0.1) is 31.2 Å². The van der Waals surface area contributed by atoms with E-state index in [2.05, 4.69) is 0 Å². The fourth-order valence-corrected chi connectivity index (χ4v) is 3.75. The minimum atomic E-state index is -1.86. The number of nitriles is 3. The zero-order valence-electron chi connectivity index (χ0n) is 14.0. The Kier molecular flexibility index (Phi) is 3.49. The summed E-state index contributed by atoms with van der Waals surface area (Å²) in [6, 6.07) is 12.8. The average molecular weight is 336 g/mol. The van der Waals surface area contributed by atoms with E-state index in [1.165, 1.54) is 7.11 Å². The van der Waals surface area contributed by atoms with Crippen LogP contribution in [-0.2, 0) is 9.47 Å². The molecule has 7 nitrogen and oxygen atoms in total. The molecule has 3 fully saturated rings. The van der Waals surface area contributed by atoms with E-state index in [-0.39, 0.29) is 0 Å². The van der Waals surface area contributed by atoms with Crippen molar-refractivity contribution in [2.75, 3.05) is 7.11 Å². The Hall–Kier alpha value is -3.08. The molecule has 0 aromatic heterocycles. The van der Waals surface area contributed by atoms with Crippen molar-refractivity contribution in [3.05, 3.63) is 29.8 Å². The average Bonchev–Trinajstić information content (AvgIpc) is 2.63. The summed E-state index contributed by atoms with van der Waals surface area (Å²) in [5.74, 6) is -1.87. The second-order valence-electron chi connectivity index (χ2n) is 6.39. The Balaban J connectivity index is 2.27. The van der Waals surface area contributed by atoms with Crippen molar-refractivity contribution in [2.45, 2.75) is 25.7 Å². The van der Waals surface area contributed by atoms with Crippen molar-refractivity contribution in [3.8, 4) is 24.0 Å². The highest BCUT2D eigenvalue weighted by Gasteiger charge is 2.77. The van der Waals surface area contributed by atoms with Crippen LogP contribution >= 0.6 is 0 Å². The first-order valence-electron chi connectivity index (χ1n) is 7.68. The number of benzene rings is 1. The minimum Gasteiger partial charge on any atom is -0.497 e. The van der Waals surface area contributed by atoms with E-state index in [1.54, 1.807) is 38.1 Å². The highest BCUT2D eigenvalue weighted by molar-refractivity contribution is 5.88. The van der Waals surface area contributed by atoms with Gasteiger partial charge in [-0.1, -0.05) is 19.1 Å². The van der Waals surface area contributed by atoms with E-state index in [0.29, 0.717) is 11.3 Å². The molecule has 7 heteroatoms. The molecule has 4 atom stereocenters. The van der Waals surface area contributed by atoms with E-state index in [4.69, 9.17) is 19.6 Å². The fourth-order valence-electron chi connectivity index (χ4n) is 3.75. The molecule has 1 aromatic carbocycles. The van der Waals surface area contributed by atoms with Crippen molar-refractivity contribution < 1.29 is 14.2 Å². The first-order chi connectivity index (χ1) is 11.8. The molecule has 1 aromatic rings. The summed E-state index contributed by atoms with van der Waals surface area (Å²) < 4.78 is 16.7. The van der Waals surface area contributed by atoms with Crippen molar-refractivity contribution in [2.24, 2.45) is 16.7 Å². The monoisotopic (exact) mass is 336 g/mol. The maximum absolute atomic E-state index is 9.99. The van der Waals surface area contributed by atoms with Gasteiger partial charge in [0.25, 0.3) is 0 Å². The van der Waals surface area contributed by atoms with Gasteiger partial charge in [0.2, 0.25) is 11.7 Å². The first-order valence-corrected chi connectivity index (χ1v) is 7.68. The van der Waals surface area contributed by atoms with Crippen molar-refractivity contribution >= 4 is 5.90 Å². The van der Waals surface area contributed by atoms with Crippen LogP contribution < -0.4 is 4.74 Å². The molecule has 126 valence electrons. The molecule has 2 bridgehead atoms. The standard InChI is InChI=1S/C18H16N4O3/c1-11-16(2)24-14(12-4-6-13(23-3)7-5-12)18(10-21,15(22)25-16)17(11,8-19)9-20/h4-7,11,14,22H,1-3H3/t11-,14+,16-,18-/m0/s1. The number of methoxy groups -OCH3 is 1. The molecule has 3 aliphatic heterocycles. The van der Waals surface area contributed by atoms with Gasteiger partial charge in [0.1, 0.15) is 11.9 Å². The quantitative estimate of drug-likeness (QED) is 0.885. The lowest BCUT2D eigenvalue weighted by atomic mass is 9.51.